The summed E-state index contributed by atoms with van der Waals surface area (Å²) in [6, 6.07) is 13.9. The van der Waals surface area contributed by atoms with E-state index < -0.39 is 11.9 Å². The van der Waals surface area contributed by atoms with Crippen molar-refractivity contribution in [1.29, 1.82) is 0 Å². The number of benzene rings is 2. The summed E-state index contributed by atoms with van der Waals surface area (Å²) in [6.45, 7) is 28.0. The minimum absolute atomic E-state index is 0. The molecule has 5 rings (SSSR count). The Balaban J connectivity index is 0.00000952. The number of hydrogen-bond acceptors (Lipinski definition) is 3. The van der Waals surface area contributed by atoms with Gasteiger partial charge in [0, 0.05) is 34.9 Å². The smallest absolute Gasteiger partial charge is 0.309 e. The first-order chi connectivity index (χ1) is 30.7. The first-order valence-corrected chi connectivity index (χ1v) is 25.8. The third-order valence-corrected chi connectivity index (χ3v) is 15.4. The molecule has 1 aliphatic carbocycles. The Morgan fingerprint density at radius 3 is 1.79 bits per heavy atom. The number of carboxylic acid groups (broad SMARTS) is 2. The Kier molecular flexibility index (Phi) is 19.7. The lowest BCUT2D eigenvalue weighted by Crippen LogP contribution is -3.00. The number of aliphatic carboxylic acids is 2. The molecule has 8 heteroatoms. The maximum Gasteiger partial charge on any atom is 0.309 e. The van der Waals surface area contributed by atoms with Gasteiger partial charge in [-0.1, -0.05) is 169 Å². The summed E-state index contributed by atoms with van der Waals surface area (Å²) in [5.74, 6) is -1.23. The summed E-state index contributed by atoms with van der Waals surface area (Å²) in [4.78, 5) is 26.9. The monoisotopic (exact) mass is 1030 g/mol. The van der Waals surface area contributed by atoms with Crippen molar-refractivity contribution >= 4 is 40.6 Å². The molecule has 66 heavy (non-hydrogen) atoms. The van der Waals surface area contributed by atoms with Crippen molar-refractivity contribution in [2.75, 3.05) is 18.0 Å². The van der Waals surface area contributed by atoms with Crippen LogP contribution in [0.5, 0.6) is 0 Å². The van der Waals surface area contributed by atoms with Gasteiger partial charge in [0.05, 0.1) is 22.6 Å². The second kappa shape index (κ2) is 23.5. The molecule has 2 aromatic carbocycles. The van der Waals surface area contributed by atoms with Crippen LogP contribution in [0.25, 0.3) is 0 Å². The van der Waals surface area contributed by atoms with Crippen LogP contribution in [0.2, 0.25) is 0 Å². The molecule has 0 aromatic heterocycles. The zero-order valence-corrected chi connectivity index (χ0v) is 45.8. The normalized spacial score (nSPS) is 18.5. The number of unbranched alkanes of at least 4 members (excludes halogenated alkanes) is 4. The predicted molar refractivity (Wildman–Crippen MR) is 274 cm³/mol. The molecule has 1 unspecified atom stereocenters. The summed E-state index contributed by atoms with van der Waals surface area (Å²) in [5.41, 5.74) is 16.5. The Morgan fingerprint density at radius 2 is 1.29 bits per heavy atom. The molecule has 2 heterocycles. The summed E-state index contributed by atoms with van der Waals surface area (Å²) in [6.07, 6.45) is 17.4. The van der Waals surface area contributed by atoms with E-state index >= 15 is 0 Å². The van der Waals surface area contributed by atoms with Crippen LogP contribution in [0.1, 0.15) is 214 Å². The van der Waals surface area contributed by atoms with Crippen molar-refractivity contribution in [3.63, 3.8) is 0 Å². The van der Waals surface area contributed by atoms with Crippen molar-refractivity contribution in [3.05, 3.63) is 97.9 Å². The second-order valence-electron chi connectivity index (χ2n) is 21.8. The van der Waals surface area contributed by atoms with E-state index in [1.54, 1.807) is 0 Å². The summed E-state index contributed by atoms with van der Waals surface area (Å²) in [7, 11) is 0. The van der Waals surface area contributed by atoms with Crippen LogP contribution >= 0.6 is 11.6 Å². The Morgan fingerprint density at radius 1 is 0.773 bits per heavy atom. The van der Waals surface area contributed by atoms with E-state index in [0.29, 0.717) is 19.0 Å². The van der Waals surface area contributed by atoms with Crippen LogP contribution in [0.3, 0.4) is 0 Å². The molecule has 0 saturated carbocycles. The number of nitrogens with zero attached hydrogens (tertiary/aromatic N) is 2. The van der Waals surface area contributed by atoms with E-state index in [0.717, 1.165) is 130 Å². The van der Waals surface area contributed by atoms with Crippen molar-refractivity contribution < 1.29 is 48.4 Å². The molecule has 0 fully saturated rings. The minimum atomic E-state index is -0.802. The molecule has 0 saturated heterocycles. The highest BCUT2D eigenvalue weighted by atomic mass is 127. The first kappa shape index (κ1) is 55.5. The van der Waals surface area contributed by atoms with Crippen molar-refractivity contribution in [2.24, 2.45) is 5.92 Å². The van der Waals surface area contributed by atoms with E-state index in [1.807, 2.05) is 0 Å². The average molecular weight is 1040 g/mol. The van der Waals surface area contributed by atoms with Gasteiger partial charge in [-0.2, -0.15) is 4.58 Å². The highest BCUT2D eigenvalue weighted by Gasteiger charge is 2.54. The predicted octanol–water partition coefficient (Wildman–Crippen LogP) is 12.8. The first-order valence-electron chi connectivity index (χ1n) is 25.5. The molecule has 2 aromatic rings. The van der Waals surface area contributed by atoms with E-state index in [4.69, 9.17) is 11.6 Å². The van der Waals surface area contributed by atoms with Crippen LogP contribution in [0, 0.1) is 5.92 Å². The van der Waals surface area contributed by atoms with Crippen LogP contribution in [-0.4, -0.2) is 45.5 Å². The van der Waals surface area contributed by atoms with Gasteiger partial charge in [-0.15, -0.1) is 0 Å². The minimum Gasteiger partial charge on any atom is -1.00 e. The molecule has 2 aliphatic heterocycles. The molecule has 3 aliphatic rings. The van der Waals surface area contributed by atoms with Crippen LogP contribution in [0.15, 0.2) is 75.7 Å². The molecular formula is C58H84ClIN2O4. The van der Waals surface area contributed by atoms with Crippen molar-refractivity contribution in [2.45, 2.75) is 214 Å². The van der Waals surface area contributed by atoms with Gasteiger partial charge in [0.15, 0.2) is 12.3 Å². The number of anilines is 1. The molecular weight excluding hydrogens is 951 g/mol. The third-order valence-electron chi connectivity index (χ3n) is 15.0. The Hall–Kier alpha value is -3.13. The van der Waals surface area contributed by atoms with E-state index in [9.17, 15) is 19.8 Å². The highest BCUT2D eigenvalue weighted by molar-refractivity contribution is 6.35. The van der Waals surface area contributed by atoms with Gasteiger partial charge in [0.25, 0.3) is 0 Å². The van der Waals surface area contributed by atoms with Gasteiger partial charge < -0.3 is 39.1 Å². The zero-order chi connectivity index (χ0) is 47.9. The van der Waals surface area contributed by atoms with Gasteiger partial charge in [0.2, 0.25) is 5.69 Å². The highest BCUT2D eigenvalue weighted by Crippen LogP contribution is 2.56. The largest absolute Gasteiger partial charge is 1.00 e. The standard InChI is InChI=1S/C58H83ClN2O4.HI/c1-13-18-30-57(31-19-14-2)46-38-42(55(7,8)9)23-25-48(46)60(34-28-51(62)63)50(57)27-22-40(6)44-36-41(17-5)37-45(53(44)59)54-58(32-20-15-3,33-21-16-4)47-39-43(56(10,11)12)24-26-49(47)61(54)35-29-52(64)65;/h22-26,38-39,41H,13-21,28-37H2,1-12H3,(H-,62,63,64,65);1H. The Labute approximate surface area is 422 Å². The molecule has 0 spiro atoms. The van der Waals surface area contributed by atoms with Gasteiger partial charge >= 0.3 is 11.9 Å². The molecule has 2 N–H and O–H groups in total. The fourth-order valence-corrected chi connectivity index (χ4v) is 11.5. The van der Waals surface area contributed by atoms with Gasteiger partial charge in [0.1, 0.15) is 6.42 Å². The quantitative estimate of drug-likeness (QED) is 0.0740. The molecule has 0 radical (unpaired) electrons. The topological polar surface area (TPSA) is 80.9 Å². The zero-order valence-electron chi connectivity index (χ0n) is 42.9. The second-order valence-corrected chi connectivity index (χ2v) is 22.1. The molecule has 0 bridgehead atoms. The summed E-state index contributed by atoms with van der Waals surface area (Å²) >= 11 is 7.98. The van der Waals surface area contributed by atoms with Crippen LogP contribution in [0.4, 0.5) is 11.4 Å². The fraction of sp³-hybridized carbons (Fsp3) is 0.621. The maximum atomic E-state index is 12.4. The number of hydrogen-bond donors (Lipinski definition) is 2. The number of allylic oxidation sites excluding steroid dienone is 5. The van der Waals surface area contributed by atoms with Crippen molar-refractivity contribution in [3.8, 4) is 0 Å². The molecule has 0 amide bonds. The summed E-state index contributed by atoms with van der Waals surface area (Å²) in [5, 5.41) is 21.0. The van der Waals surface area contributed by atoms with Crippen LogP contribution < -0.4 is 28.9 Å². The van der Waals surface area contributed by atoms with Gasteiger partial charge in [-0.05, 0) is 108 Å². The number of fused-ring (bicyclic) bond motifs is 2. The van der Waals surface area contributed by atoms with Crippen LogP contribution in [-0.2, 0) is 31.2 Å². The number of carbonyl (C=O) groups is 2. The van der Waals surface area contributed by atoms with E-state index in [2.05, 4.69) is 141 Å². The Bertz CT molecular complexity index is 2210. The summed E-state index contributed by atoms with van der Waals surface area (Å²) < 4.78 is 2.37. The fourth-order valence-electron chi connectivity index (χ4n) is 11.1. The average Bonchev–Trinajstić information content (AvgIpc) is 3.67. The SMILES string of the molecule is CCCCC1(CCCC)C(=C=CC(C)=C2CC(CC)CC(C3=[N+](CCC(=O)O)c4ccc(C(C)(C)C)cc4C3(CCCC)CCCC)=C2Cl)N(CCC(=O)O)c2ccc(C(C)(C)C)cc21.[I-]. The van der Waals surface area contributed by atoms with E-state index in [-0.39, 0.29) is 58.5 Å². The molecule has 364 valence electrons. The van der Waals surface area contributed by atoms with E-state index in [1.165, 1.54) is 33.5 Å². The number of rotatable bonds is 21. The number of halogens is 2. The molecule has 6 nitrogen and oxygen atoms in total. The molecule has 1 atom stereocenters. The lowest BCUT2D eigenvalue weighted by Gasteiger charge is -2.34. The lowest BCUT2D eigenvalue weighted by atomic mass is 9.65. The van der Waals surface area contributed by atoms with Gasteiger partial charge in [-0.25, -0.2) is 0 Å². The van der Waals surface area contributed by atoms with Crippen molar-refractivity contribution in [1.82, 2.24) is 0 Å². The van der Waals surface area contributed by atoms with Gasteiger partial charge in [-0.3, -0.25) is 9.59 Å². The lowest BCUT2D eigenvalue weighted by molar-refractivity contribution is -0.437. The maximum absolute atomic E-state index is 12.4. The third kappa shape index (κ3) is 11.8. The number of carboxylic acids is 2.